The van der Waals surface area contributed by atoms with Gasteiger partial charge in [-0.15, -0.1) is 11.3 Å². The minimum absolute atomic E-state index is 0.130. The topological polar surface area (TPSA) is 78.0 Å². The lowest BCUT2D eigenvalue weighted by molar-refractivity contribution is 0.0594. The standard InChI is InChI=1S/C18H22N2O5S/c1-23-9-5-8-20(11-16-19-15(12-26-16)18(22)25-3)17(21)13-6-4-7-14(10-13)24-2/h4,6-7,10,12H,5,8-9,11H2,1-3H3. The minimum Gasteiger partial charge on any atom is -0.497 e. The summed E-state index contributed by atoms with van der Waals surface area (Å²) in [5.74, 6) is 0.00212. The first kappa shape index (κ1) is 19.9. The molecule has 0 aliphatic heterocycles. The molecule has 0 atom stereocenters. The molecule has 0 saturated heterocycles. The molecule has 1 heterocycles. The van der Waals surface area contributed by atoms with Gasteiger partial charge in [0, 0.05) is 31.2 Å². The number of ether oxygens (including phenoxy) is 3. The van der Waals surface area contributed by atoms with Crippen LogP contribution in [0.15, 0.2) is 29.6 Å². The van der Waals surface area contributed by atoms with Crippen LogP contribution in [0.1, 0.15) is 32.3 Å². The highest BCUT2D eigenvalue weighted by Gasteiger charge is 2.19. The van der Waals surface area contributed by atoms with Gasteiger partial charge in [-0.25, -0.2) is 9.78 Å². The van der Waals surface area contributed by atoms with Crippen molar-refractivity contribution in [3.63, 3.8) is 0 Å². The molecule has 1 aromatic heterocycles. The number of esters is 1. The maximum Gasteiger partial charge on any atom is 0.357 e. The normalized spacial score (nSPS) is 10.4. The number of aromatic nitrogens is 1. The van der Waals surface area contributed by atoms with Crippen LogP contribution in [-0.4, -0.2) is 56.2 Å². The van der Waals surface area contributed by atoms with Crippen molar-refractivity contribution in [1.82, 2.24) is 9.88 Å². The van der Waals surface area contributed by atoms with E-state index in [0.29, 0.717) is 42.4 Å². The molecule has 26 heavy (non-hydrogen) atoms. The summed E-state index contributed by atoms with van der Waals surface area (Å²) in [5.41, 5.74) is 0.782. The summed E-state index contributed by atoms with van der Waals surface area (Å²) in [6.07, 6.45) is 0.696. The van der Waals surface area contributed by atoms with Gasteiger partial charge in [0.15, 0.2) is 5.69 Å². The van der Waals surface area contributed by atoms with E-state index in [1.165, 1.54) is 18.4 Å². The molecule has 0 bridgehead atoms. The van der Waals surface area contributed by atoms with Crippen LogP contribution >= 0.6 is 11.3 Å². The van der Waals surface area contributed by atoms with Crippen LogP contribution in [0.5, 0.6) is 5.75 Å². The van der Waals surface area contributed by atoms with Gasteiger partial charge in [-0.3, -0.25) is 4.79 Å². The molecule has 140 valence electrons. The lowest BCUT2D eigenvalue weighted by Crippen LogP contribution is -2.32. The first-order chi connectivity index (χ1) is 12.6. The molecule has 0 aliphatic rings. The van der Waals surface area contributed by atoms with Gasteiger partial charge in [-0.2, -0.15) is 0 Å². The molecule has 7 nitrogen and oxygen atoms in total. The molecular formula is C18H22N2O5S. The first-order valence-corrected chi connectivity index (χ1v) is 8.92. The maximum absolute atomic E-state index is 12.9. The summed E-state index contributed by atoms with van der Waals surface area (Å²) in [6.45, 7) is 1.37. The van der Waals surface area contributed by atoms with Gasteiger partial charge in [0.1, 0.15) is 10.8 Å². The number of rotatable bonds is 9. The van der Waals surface area contributed by atoms with Crippen molar-refractivity contribution >= 4 is 23.2 Å². The highest BCUT2D eigenvalue weighted by Crippen LogP contribution is 2.18. The third-order valence-electron chi connectivity index (χ3n) is 3.65. The second-order valence-electron chi connectivity index (χ2n) is 5.42. The van der Waals surface area contributed by atoms with E-state index in [0.717, 1.165) is 0 Å². The molecule has 0 spiro atoms. The average molecular weight is 378 g/mol. The van der Waals surface area contributed by atoms with Crippen molar-refractivity contribution in [3.8, 4) is 5.75 Å². The number of amides is 1. The highest BCUT2D eigenvalue weighted by molar-refractivity contribution is 7.09. The molecular weight excluding hydrogens is 356 g/mol. The van der Waals surface area contributed by atoms with E-state index in [9.17, 15) is 9.59 Å². The number of carbonyl (C=O) groups excluding carboxylic acids is 2. The Morgan fingerprint density at radius 2 is 2.04 bits per heavy atom. The van der Waals surface area contributed by atoms with Gasteiger partial charge >= 0.3 is 5.97 Å². The van der Waals surface area contributed by atoms with Crippen LogP contribution < -0.4 is 4.74 Å². The average Bonchev–Trinajstić information content (AvgIpc) is 3.14. The summed E-state index contributed by atoms with van der Waals surface area (Å²) in [5, 5.41) is 2.30. The van der Waals surface area contributed by atoms with E-state index in [1.54, 1.807) is 48.8 Å². The lowest BCUT2D eigenvalue weighted by Gasteiger charge is -2.22. The predicted octanol–water partition coefficient (Wildman–Crippen LogP) is 2.62. The fourth-order valence-electron chi connectivity index (χ4n) is 2.34. The van der Waals surface area contributed by atoms with E-state index in [4.69, 9.17) is 9.47 Å². The van der Waals surface area contributed by atoms with E-state index in [-0.39, 0.29) is 11.6 Å². The number of hydrogen-bond donors (Lipinski definition) is 0. The van der Waals surface area contributed by atoms with E-state index in [2.05, 4.69) is 9.72 Å². The van der Waals surface area contributed by atoms with Crippen molar-refractivity contribution in [3.05, 3.63) is 45.9 Å². The Balaban J connectivity index is 2.17. The fraction of sp³-hybridized carbons (Fsp3) is 0.389. The first-order valence-electron chi connectivity index (χ1n) is 8.04. The van der Waals surface area contributed by atoms with Crippen LogP contribution in [-0.2, 0) is 16.0 Å². The number of hydrogen-bond acceptors (Lipinski definition) is 7. The minimum atomic E-state index is -0.488. The summed E-state index contributed by atoms with van der Waals surface area (Å²) >= 11 is 1.32. The van der Waals surface area contributed by atoms with Gasteiger partial charge < -0.3 is 19.1 Å². The molecule has 2 aromatic rings. The summed E-state index contributed by atoms with van der Waals surface area (Å²) in [4.78, 5) is 30.4. The monoisotopic (exact) mass is 378 g/mol. The van der Waals surface area contributed by atoms with Crippen molar-refractivity contribution in [2.24, 2.45) is 0 Å². The van der Waals surface area contributed by atoms with Crippen molar-refractivity contribution < 1.29 is 23.8 Å². The van der Waals surface area contributed by atoms with E-state index < -0.39 is 5.97 Å². The lowest BCUT2D eigenvalue weighted by atomic mass is 10.2. The summed E-state index contributed by atoms with van der Waals surface area (Å²) in [7, 11) is 4.49. The zero-order valence-corrected chi connectivity index (χ0v) is 15.9. The second-order valence-corrected chi connectivity index (χ2v) is 6.37. The van der Waals surface area contributed by atoms with Gasteiger partial charge in [0.05, 0.1) is 20.8 Å². The Labute approximate surface area is 156 Å². The molecule has 1 aromatic carbocycles. The van der Waals surface area contributed by atoms with Gasteiger partial charge in [-0.05, 0) is 24.6 Å². The van der Waals surface area contributed by atoms with Crippen molar-refractivity contribution in [2.45, 2.75) is 13.0 Å². The summed E-state index contributed by atoms with van der Waals surface area (Å²) in [6, 6.07) is 7.01. The largest absolute Gasteiger partial charge is 0.497 e. The molecule has 1 amide bonds. The van der Waals surface area contributed by atoms with Crippen LogP contribution in [0.2, 0.25) is 0 Å². The molecule has 0 radical (unpaired) electrons. The van der Waals surface area contributed by atoms with E-state index >= 15 is 0 Å². The predicted molar refractivity (Wildman–Crippen MR) is 97.7 cm³/mol. The van der Waals surface area contributed by atoms with Gasteiger partial charge in [0.25, 0.3) is 5.91 Å². The van der Waals surface area contributed by atoms with Gasteiger partial charge in [-0.1, -0.05) is 6.07 Å². The second kappa shape index (κ2) is 9.88. The zero-order valence-electron chi connectivity index (χ0n) is 15.1. The van der Waals surface area contributed by atoms with Crippen LogP contribution in [0.4, 0.5) is 0 Å². The van der Waals surface area contributed by atoms with Crippen LogP contribution in [0, 0.1) is 0 Å². The molecule has 0 aliphatic carbocycles. The van der Waals surface area contributed by atoms with Crippen LogP contribution in [0.25, 0.3) is 0 Å². The third-order valence-corrected chi connectivity index (χ3v) is 4.49. The smallest absolute Gasteiger partial charge is 0.357 e. The Morgan fingerprint density at radius 1 is 1.23 bits per heavy atom. The third kappa shape index (κ3) is 5.27. The molecule has 0 N–H and O–H groups in total. The molecule has 0 unspecified atom stereocenters. The number of benzene rings is 1. The SMILES string of the molecule is COCCCN(Cc1nc(C(=O)OC)cs1)C(=O)c1cccc(OC)c1. The fourth-order valence-corrected chi connectivity index (χ4v) is 3.11. The zero-order chi connectivity index (χ0) is 18.9. The molecule has 0 fully saturated rings. The number of thiazole rings is 1. The Kier molecular flexibility index (Phi) is 7.55. The quantitative estimate of drug-likeness (QED) is 0.493. The summed E-state index contributed by atoms with van der Waals surface area (Å²) < 4.78 is 14.9. The molecule has 0 saturated carbocycles. The van der Waals surface area contributed by atoms with Crippen molar-refractivity contribution in [1.29, 1.82) is 0 Å². The number of methoxy groups -OCH3 is 3. The maximum atomic E-state index is 12.9. The highest BCUT2D eigenvalue weighted by atomic mass is 32.1. The Bertz CT molecular complexity index is 747. The number of nitrogens with zero attached hydrogens (tertiary/aromatic N) is 2. The van der Waals surface area contributed by atoms with Crippen LogP contribution in [0.3, 0.4) is 0 Å². The number of carbonyl (C=O) groups is 2. The molecule has 2 rings (SSSR count). The Hall–Kier alpha value is -2.45. The van der Waals surface area contributed by atoms with Gasteiger partial charge in [0.2, 0.25) is 0 Å². The van der Waals surface area contributed by atoms with E-state index in [1.807, 2.05) is 0 Å². The molecule has 8 heteroatoms. The van der Waals surface area contributed by atoms with Crippen molar-refractivity contribution in [2.75, 3.05) is 34.5 Å². The Morgan fingerprint density at radius 3 is 2.73 bits per heavy atom.